The summed E-state index contributed by atoms with van der Waals surface area (Å²) < 4.78 is 37.7. The first-order valence-corrected chi connectivity index (χ1v) is 13.4. The van der Waals surface area contributed by atoms with E-state index in [1.54, 1.807) is 43.3 Å². The highest BCUT2D eigenvalue weighted by molar-refractivity contribution is 7.92. The fourth-order valence-corrected chi connectivity index (χ4v) is 4.70. The summed E-state index contributed by atoms with van der Waals surface area (Å²) in [6.07, 6.45) is 0.746. The summed E-state index contributed by atoms with van der Waals surface area (Å²) in [6, 6.07) is 10.8. The maximum absolute atomic E-state index is 13.6. The van der Waals surface area contributed by atoms with Crippen molar-refractivity contribution in [3.8, 4) is 11.5 Å². The smallest absolute Gasteiger partial charge is 0.244 e. The maximum atomic E-state index is 13.6. The van der Waals surface area contributed by atoms with Gasteiger partial charge in [0.15, 0.2) is 11.5 Å². The molecule has 9 nitrogen and oxygen atoms in total. The second-order valence-electron chi connectivity index (χ2n) is 8.06. The van der Waals surface area contributed by atoms with Crippen molar-refractivity contribution in [2.45, 2.75) is 39.8 Å². The summed E-state index contributed by atoms with van der Waals surface area (Å²) in [5, 5.41) is 3.35. The molecule has 0 radical (unpaired) electrons. The second-order valence-corrected chi connectivity index (χ2v) is 10.7. The van der Waals surface area contributed by atoms with Crippen LogP contribution in [-0.2, 0) is 26.2 Å². The molecule has 1 heterocycles. The molecule has 0 saturated heterocycles. The minimum atomic E-state index is -3.83. The van der Waals surface area contributed by atoms with Crippen LogP contribution >= 0.6 is 11.6 Å². The summed E-state index contributed by atoms with van der Waals surface area (Å²) in [4.78, 5) is 27.7. The first kappa shape index (κ1) is 26.6. The molecule has 0 fully saturated rings. The van der Waals surface area contributed by atoms with Crippen LogP contribution in [-0.4, -0.2) is 56.8 Å². The Morgan fingerprint density at radius 2 is 1.77 bits per heavy atom. The number of sulfonamides is 1. The van der Waals surface area contributed by atoms with Gasteiger partial charge in [-0.25, -0.2) is 8.42 Å². The monoisotopic (exact) mass is 523 g/mol. The number of halogens is 1. The van der Waals surface area contributed by atoms with Crippen LogP contribution < -0.4 is 19.1 Å². The van der Waals surface area contributed by atoms with Gasteiger partial charge in [0, 0.05) is 24.2 Å². The molecule has 0 spiro atoms. The number of fused-ring (bicyclic) bond motifs is 1. The normalized spacial score (nSPS) is 13.3. The quantitative estimate of drug-likeness (QED) is 0.485. The highest BCUT2D eigenvalue weighted by Gasteiger charge is 2.31. The zero-order valence-corrected chi connectivity index (χ0v) is 21.6. The van der Waals surface area contributed by atoms with Crippen LogP contribution in [0.5, 0.6) is 11.5 Å². The standard InChI is InChI=1S/C24H30ClN3O6S/c1-4-12-26-24(30)17(3)27(14-18-6-8-19(25)9-7-18)23(29)15-28(35(31,32)5-2)20-10-11-21-22(13-20)34-16-33-21/h6-11,13,17H,4-5,12,14-16H2,1-3H3,(H,26,30)/t17-/m0/s1. The molecule has 2 aromatic carbocycles. The van der Waals surface area contributed by atoms with Crippen LogP contribution in [0.2, 0.25) is 5.02 Å². The van der Waals surface area contributed by atoms with Gasteiger partial charge in [-0.3, -0.25) is 13.9 Å². The van der Waals surface area contributed by atoms with Crippen LogP contribution in [0.15, 0.2) is 42.5 Å². The van der Waals surface area contributed by atoms with Crippen LogP contribution in [0.3, 0.4) is 0 Å². The molecule has 1 N–H and O–H groups in total. The number of anilines is 1. The Morgan fingerprint density at radius 1 is 1.09 bits per heavy atom. The highest BCUT2D eigenvalue weighted by Crippen LogP contribution is 2.36. The summed E-state index contributed by atoms with van der Waals surface area (Å²) in [5.41, 5.74) is 1.03. The Kier molecular flexibility index (Phi) is 8.85. The summed E-state index contributed by atoms with van der Waals surface area (Å²) in [6.45, 7) is 5.20. The van der Waals surface area contributed by atoms with E-state index in [-0.39, 0.29) is 30.7 Å². The Bertz CT molecular complexity index is 1160. The Hall–Kier alpha value is -2.98. The summed E-state index contributed by atoms with van der Waals surface area (Å²) in [5.74, 6) is -0.148. The largest absolute Gasteiger partial charge is 0.454 e. The van der Waals surface area contributed by atoms with Crippen molar-refractivity contribution in [2.24, 2.45) is 0 Å². The molecule has 0 bridgehead atoms. The summed E-state index contributed by atoms with van der Waals surface area (Å²) in [7, 11) is -3.83. The van der Waals surface area contributed by atoms with Gasteiger partial charge in [-0.2, -0.15) is 0 Å². The number of rotatable bonds is 11. The van der Waals surface area contributed by atoms with Crippen molar-refractivity contribution in [3.05, 3.63) is 53.1 Å². The van der Waals surface area contributed by atoms with Crippen molar-refractivity contribution in [2.75, 3.05) is 29.9 Å². The van der Waals surface area contributed by atoms with E-state index in [0.717, 1.165) is 16.3 Å². The van der Waals surface area contributed by atoms with E-state index in [4.69, 9.17) is 21.1 Å². The molecule has 2 amide bonds. The van der Waals surface area contributed by atoms with Crippen molar-refractivity contribution in [1.29, 1.82) is 0 Å². The van der Waals surface area contributed by atoms with E-state index in [1.165, 1.54) is 17.9 Å². The number of hydrogen-bond acceptors (Lipinski definition) is 6. The number of nitrogens with one attached hydrogen (secondary N) is 1. The van der Waals surface area contributed by atoms with Gasteiger partial charge in [0.2, 0.25) is 28.6 Å². The lowest BCUT2D eigenvalue weighted by molar-refractivity contribution is -0.139. The minimum absolute atomic E-state index is 0.0392. The Labute approximate surface area is 211 Å². The van der Waals surface area contributed by atoms with Gasteiger partial charge in [-0.1, -0.05) is 30.7 Å². The number of nitrogens with zero attached hydrogens (tertiary/aromatic N) is 2. The molecule has 0 unspecified atom stereocenters. The number of hydrogen-bond donors (Lipinski definition) is 1. The molecule has 2 aromatic rings. The SMILES string of the molecule is CCCNC(=O)[C@H](C)N(Cc1ccc(Cl)cc1)C(=O)CN(c1ccc2c(c1)OCO2)S(=O)(=O)CC. The van der Waals surface area contributed by atoms with Gasteiger partial charge in [0.1, 0.15) is 12.6 Å². The zero-order valence-electron chi connectivity index (χ0n) is 20.0. The average Bonchev–Trinajstić information content (AvgIpc) is 3.32. The van der Waals surface area contributed by atoms with Crippen molar-refractivity contribution >= 4 is 39.1 Å². The van der Waals surface area contributed by atoms with Crippen LogP contribution in [0.1, 0.15) is 32.8 Å². The maximum Gasteiger partial charge on any atom is 0.244 e. The second kappa shape index (κ2) is 11.6. The number of carbonyl (C=O) groups is 2. The third kappa shape index (κ3) is 6.58. The number of ether oxygens (including phenoxy) is 2. The van der Waals surface area contributed by atoms with E-state index >= 15 is 0 Å². The third-order valence-corrected chi connectivity index (χ3v) is 7.60. The fraction of sp³-hybridized carbons (Fsp3) is 0.417. The van der Waals surface area contributed by atoms with Gasteiger partial charge in [-0.15, -0.1) is 0 Å². The molecule has 3 rings (SSSR count). The first-order valence-electron chi connectivity index (χ1n) is 11.4. The number of carbonyl (C=O) groups excluding carboxylic acids is 2. The first-order chi connectivity index (χ1) is 16.7. The van der Waals surface area contributed by atoms with Crippen LogP contribution in [0.4, 0.5) is 5.69 Å². The van der Waals surface area contributed by atoms with Gasteiger partial charge >= 0.3 is 0 Å². The molecule has 1 aliphatic rings. The Balaban J connectivity index is 1.92. The average molecular weight is 524 g/mol. The van der Waals surface area contributed by atoms with E-state index in [9.17, 15) is 18.0 Å². The van der Waals surface area contributed by atoms with Gasteiger partial charge in [-0.05, 0) is 50.1 Å². The lowest BCUT2D eigenvalue weighted by Gasteiger charge is -2.32. The molecule has 1 aliphatic heterocycles. The predicted molar refractivity (Wildman–Crippen MR) is 134 cm³/mol. The van der Waals surface area contributed by atoms with Gasteiger partial charge in [0.25, 0.3) is 0 Å². The molecule has 0 saturated carbocycles. The summed E-state index contributed by atoms with van der Waals surface area (Å²) >= 11 is 5.99. The third-order valence-electron chi connectivity index (χ3n) is 5.61. The lowest BCUT2D eigenvalue weighted by Crippen LogP contribution is -2.51. The van der Waals surface area contributed by atoms with Crippen LogP contribution in [0.25, 0.3) is 0 Å². The topological polar surface area (TPSA) is 105 Å². The van der Waals surface area contributed by atoms with Gasteiger partial charge < -0.3 is 19.7 Å². The number of benzene rings is 2. The van der Waals surface area contributed by atoms with Crippen molar-refractivity contribution in [3.63, 3.8) is 0 Å². The van der Waals surface area contributed by atoms with Crippen molar-refractivity contribution in [1.82, 2.24) is 10.2 Å². The molecule has 0 aromatic heterocycles. The predicted octanol–water partition coefficient (Wildman–Crippen LogP) is 3.17. The van der Waals surface area contributed by atoms with E-state index in [2.05, 4.69) is 5.32 Å². The molecule has 190 valence electrons. The van der Waals surface area contributed by atoms with E-state index < -0.39 is 28.5 Å². The molecule has 35 heavy (non-hydrogen) atoms. The zero-order chi connectivity index (χ0) is 25.6. The van der Waals surface area contributed by atoms with E-state index in [0.29, 0.717) is 23.1 Å². The van der Waals surface area contributed by atoms with Gasteiger partial charge in [0.05, 0.1) is 11.4 Å². The molecule has 0 aliphatic carbocycles. The lowest BCUT2D eigenvalue weighted by atomic mass is 10.1. The van der Waals surface area contributed by atoms with Crippen LogP contribution in [0, 0.1) is 0 Å². The molecule has 1 atom stereocenters. The number of amides is 2. The molecule has 11 heteroatoms. The highest BCUT2D eigenvalue weighted by atomic mass is 35.5. The molecular weight excluding hydrogens is 494 g/mol. The Morgan fingerprint density at radius 3 is 2.43 bits per heavy atom. The minimum Gasteiger partial charge on any atom is -0.454 e. The van der Waals surface area contributed by atoms with Crippen molar-refractivity contribution < 1.29 is 27.5 Å². The fourth-order valence-electron chi connectivity index (χ4n) is 3.53. The molecular formula is C24H30ClN3O6S. The van der Waals surface area contributed by atoms with E-state index in [1.807, 2.05) is 6.92 Å².